The van der Waals surface area contributed by atoms with Gasteiger partial charge < -0.3 is 0 Å². The second kappa shape index (κ2) is 18.0. The van der Waals surface area contributed by atoms with Crippen molar-refractivity contribution in [2.75, 3.05) is 18.5 Å². The molecule has 0 aliphatic heterocycles. The van der Waals surface area contributed by atoms with Gasteiger partial charge in [-0.2, -0.15) is 0 Å². The van der Waals surface area contributed by atoms with E-state index >= 15 is 0 Å². The van der Waals surface area contributed by atoms with Crippen molar-refractivity contribution in [2.24, 2.45) is 0 Å². The van der Waals surface area contributed by atoms with E-state index in [0.29, 0.717) is 7.92 Å². The van der Waals surface area contributed by atoms with Crippen LogP contribution in [0.25, 0.3) is 0 Å². The third-order valence-corrected chi connectivity index (χ3v) is 5.33. The van der Waals surface area contributed by atoms with Gasteiger partial charge in [0, 0.05) is 4.31 Å². The fourth-order valence-electron chi connectivity index (χ4n) is 1.48. The lowest BCUT2D eigenvalue weighted by Gasteiger charge is -2.16. The molecule has 0 aliphatic rings. The first-order valence-corrected chi connectivity index (χ1v) is 9.19. The summed E-state index contributed by atoms with van der Waals surface area (Å²) in [6.45, 7) is 6.94. The molecule has 0 heterocycles. The third kappa shape index (κ3) is 17.1. The highest BCUT2D eigenvalue weighted by molar-refractivity contribution is 7.93. The molecule has 0 saturated heterocycles. The first-order chi connectivity index (χ1) is 7.76. The Balaban J connectivity index is 0. The Labute approximate surface area is 114 Å². The van der Waals surface area contributed by atoms with E-state index < -0.39 is 0 Å². The second-order valence-electron chi connectivity index (χ2n) is 3.99. The molecular weight excluding hydrogens is 251 g/mol. The van der Waals surface area contributed by atoms with Crippen LogP contribution in [0.4, 0.5) is 0 Å². The molecule has 0 atom stereocenters. The molecule has 0 amide bonds. The summed E-state index contributed by atoms with van der Waals surface area (Å²) in [5, 5.41) is 0. The summed E-state index contributed by atoms with van der Waals surface area (Å²) in [6.07, 6.45) is 13.2. The molecule has 0 aromatic carbocycles. The van der Waals surface area contributed by atoms with E-state index in [4.69, 9.17) is 0 Å². The molecule has 0 aliphatic carbocycles. The highest BCUT2D eigenvalue weighted by atomic mass is 32.1. The van der Waals surface area contributed by atoms with Gasteiger partial charge in [-0.05, 0) is 62.2 Å². The fraction of sp³-hybridized carbons (Fsp3) is 0.923. The van der Waals surface area contributed by atoms with Crippen molar-refractivity contribution in [3.05, 3.63) is 0 Å². The van der Waals surface area contributed by atoms with Gasteiger partial charge in [0.2, 0.25) is 0 Å². The van der Waals surface area contributed by atoms with E-state index in [-0.39, 0.29) is 0 Å². The molecule has 0 aromatic rings. The van der Waals surface area contributed by atoms with Gasteiger partial charge >= 0.3 is 0 Å². The van der Waals surface area contributed by atoms with Crippen molar-refractivity contribution in [2.45, 2.75) is 59.3 Å². The number of unbranched alkanes of at least 4 members (excludes halogenated alkanes) is 3. The Hall–Kier alpha value is 0.650. The Morgan fingerprint density at radius 3 is 1.19 bits per heavy atom. The van der Waals surface area contributed by atoms with E-state index in [2.05, 4.69) is 45.2 Å². The van der Waals surface area contributed by atoms with Gasteiger partial charge in [0.15, 0.2) is 0 Å². The molecular formula is C13H27PS2. The van der Waals surface area contributed by atoms with Crippen LogP contribution < -0.4 is 0 Å². The number of hydrogen-bond acceptors (Lipinski definition) is 2. The van der Waals surface area contributed by atoms with Gasteiger partial charge in [-0.3, -0.25) is 0 Å². The quantitative estimate of drug-likeness (QED) is 0.381. The van der Waals surface area contributed by atoms with Crippen LogP contribution >= 0.6 is 32.4 Å². The van der Waals surface area contributed by atoms with Crippen LogP contribution in [0.3, 0.4) is 0 Å². The molecule has 96 valence electrons. The summed E-state index contributed by atoms with van der Waals surface area (Å²) < 4.78 is 1.92. The summed E-state index contributed by atoms with van der Waals surface area (Å²) in [5.41, 5.74) is 0. The highest BCUT2D eigenvalue weighted by Crippen LogP contribution is 2.38. The molecule has 0 aromatic heterocycles. The lowest BCUT2D eigenvalue weighted by atomic mass is 10.4. The maximum atomic E-state index is 3.96. The zero-order chi connectivity index (χ0) is 12.6. The van der Waals surface area contributed by atoms with Gasteiger partial charge in [-0.1, -0.05) is 40.0 Å². The molecule has 3 heteroatoms. The highest BCUT2D eigenvalue weighted by Gasteiger charge is 2.05. The van der Waals surface area contributed by atoms with Crippen molar-refractivity contribution in [3.8, 4) is 0 Å². The van der Waals surface area contributed by atoms with E-state index in [1.165, 1.54) is 38.5 Å². The molecule has 0 bridgehead atoms. The van der Waals surface area contributed by atoms with E-state index in [1.807, 2.05) is 4.31 Å². The first-order valence-electron chi connectivity index (χ1n) is 6.48. The Bertz CT molecular complexity index is 135. The number of hydrogen-bond donors (Lipinski definition) is 0. The van der Waals surface area contributed by atoms with Crippen LogP contribution in [-0.2, 0) is 0 Å². The van der Waals surface area contributed by atoms with Gasteiger partial charge in [0.1, 0.15) is 0 Å². The van der Waals surface area contributed by atoms with Crippen molar-refractivity contribution < 1.29 is 0 Å². The molecule has 0 fully saturated rings. The van der Waals surface area contributed by atoms with Crippen LogP contribution in [0.2, 0.25) is 0 Å². The van der Waals surface area contributed by atoms with Crippen molar-refractivity contribution in [3.63, 3.8) is 0 Å². The van der Waals surface area contributed by atoms with Crippen LogP contribution in [0.1, 0.15) is 59.3 Å². The van der Waals surface area contributed by atoms with Crippen molar-refractivity contribution in [1.82, 2.24) is 0 Å². The summed E-state index contributed by atoms with van der Waals surface area (Å²) in [6, 6.07) is 0. The monoisotopic (exact) mass is 278 g/mol. The molecule has 0 N–H and O–H groups in total. The van der Waals surface area contributed by atoms with Gasteiger partial charge in [0.25, 0.3) is 0 Å². The number of thiocarbonyl (C=S) groups is 2. The van der Waals surface area contributed by atoms with Crippen LogP contribution in [-0.4, -0.2) is 22.8 Å². The van der Waals surface area contributed by atoms with Crippen molar-refractivity contribution in [1.29, 1.82) is 0 Å². The molecule has 0 rings (SSSR count). The minimum Gasteiger partial charge on any atom is -0.107 e. The van der Waals surface area contributed by atoms with Crippen molar-refractivity contribution >= 4 is 36.7 Å². The SMILES string of the molecule is CCCCP(CCCC)CCCC.S=C=S. The zero-order valence-electron chi connectivity index (χ0n) is 11.1. The Morgan fingerprint density at radius 1 is 0.750 bits per heavy atom. The lowest BCUT2D eigenvalue weighted by molar-refractivity contribution is 0.847. The van der Waals surface area contributed by atoms with Gasteiger partial charge in [0.05, 0.1) is 0 Å². The summed E-state index contributed by atoms with van der Waals surface area (Å²) >= 11 is 7.92. The predicted molar refractivity (Wildman–Crippen MR) is 86.4 cm³/mol. The molecule has 0 unspecified atom stereocenters. The van der Waals surface area contributed by atoms with Crippen LogP contribution in [0.5, 0.6) is 0 Å². The Kier molecular flexibility index (Phi) is 21.4. The Morgan fingerprint density at radius 2 is 1.00 bits per heavy atom. The van der Waals surface area contributed by atoms with E-state index in [1.54, 1.807) is 18.5 Å². The second-order valence-corrected chi connectivity index (χ2v) is 7.34. The fourth-order valence-corrected chi connectivity index (χ4v) is 4.44. The average Bonchev–Trinajstić information content (AvgIpc) is 2.29. The standard InChI is InChI=1S/C12H27P.CS2/c1-4-7-10-13(11-8-5-2)12-9-6-3;2-1-3/h4-12H2,1-3H3;. The van der Waals surface area contributed by atoms with Crippen LogP contribution in [0.15, 0.2) is 0 Å². The maximum absolute atomic E-state index is 3.96. The van der Waals surface area contributed by atoms with E-state index in [0.717, 1.165) is 0 Å². The lowest BCUT2D eigenvalue weighted by Crippen LogP contribution is -1.95. The van der Waals surface area contributed by atoms with Gasteiger partial charge in [-0.25, -0.2) is 0 Å². The maximum Gasteiger partial charge on any atom is 0.0297 e. The smallest absolute Gasteiger partial charge is 0.0297 e. The molecule has 0 spiro atoms. The largest absolute Gasteiger partial charge is 0.107 e. The molecule has 0 saturated carbocycles. The third-order valence-electron chi connectivity index (χ3n) is 2.48. The average molecular weight is 278 g/mol. The predicted octanol–water partition coefficient (Wildman–Crippen LogP) is 5.89. The molecule has 0 nitrogen and oxygen atoms in total. The minimum atomic E-state index is 0.422. The molecule has 0 radical (unpaired) electrons. The van der Waals surface area contributed by atoms with E-state index in [9.17, 15) is 0 Å². The molecule has 16 heavy (non-hydrogen) atoms. The van der Waals surface area contributed by atoms with Gasteiger partial charge in [-0.15, -0.1) is 7.92 Å². The summed E-state index contributed by atoms with van der Waals surface area (Å²) in [4.78, 5) is 0. The summed E-state index contributed by atoms with van der Waals surface area (Å²) in [5.74, 6) is 0. The zero-order valence-corrected chi connectivity index (χ0v) is 13.7. The van der Waals surface area contributed by atoms with Crippen LogP contribution in [0, 0.1) is 0 Å². The minimum absolute atomic E-state index is 0.422. The summed E-state index contributed by atoms with van der Waals surface area (Å²) in [7, 11) is 0.422. The topological polar surface area (TPSA) is 0 Å². The normalized spacial score (nSPS) is 9.50. The first kappa shape index (κ1) is 19.0. The number of rotatable bonds is 9.